The standard InChI is InChI=1S/C17H26FNO2/c1-12-7-8-13(11-14(12)18)16(20)9-10-19(2)15-5-3-4-6-17(15)21/h7-8,11,15-17,20-21H,3-6,9-10H2,1-2H3. The number of aliphatic hydroxyl groups is 2. The van der Waals surface area contributed by atoms with Gasteiger partial charge in [0.2, 0.25) is 0 Å². The maximum absolute atomic E-state index is 13.5. The van der Waals surface area contributed by atoms with Gasteiger partial charge in [-0.3, -0.25) is 0 Å². The van der Waals surface area contributed by atoms with Crippen molar-refractivity contribution in [2.24, 2.45) is 0 Å². The zero-order chi connectivity index (χ0) is 15.4. The minimum absolute atomic E-state index is 0.181. The van der Waals surface area contributed by atoms with Gasteiger partial charge in [0.25, 0.3) is 0 Å². The molecular weight excluding hydrogens is 269 g/mol. The summed E-state index contributed by atoms with van der Waals surface area (Å²) in [5.74, 6) is -0.275. The molecule has 1 saturated carbocycles. The molecular formula is C17H26FNO2. The molecule has 0 heterocycles. The summed E-state index contributed by atoms with van der Waals surface area (Å²) >= 11 is 0. The number of benzene rings is 1. The topological polar surface area (TPSA) is 43.7 Å². The van der Waals surface area contributed by atoms with E-state index in [0.29, 0.717) is 24.1 Å². The molecule has 0 saturated heterocycles. The van der Waals surface area contributed by atoms with Crippen molar-refractivity contribution in [3.63, 3.8) is 0 Å². The van der Waals surface area contributed by atoms with Crippen LogP contribution in [0.3, 0.4) is 0 Å². The molecule has 0 aromatic heterocycles. The van der Waals surface area contributed by atoms with Gasteiger partial charge in [-0.05, 0) is 50.4 Å². The number of nitrogens with zero attached hydrogens (tertiary/aromatic N) is 1. The largest absolute Gasteiger partial charge is 0.391 e. The van der Waals surface area contributed by atoms with Crippen molar-refractivity contribution >= 4 is 0 Å². The number of halogens is 1. The molecule has 0 spiro atoms. The van der Waals surface area contributed by atoms with Gasteiger partial charge in [-0.15, -0.1) is 0 Å². The SMILES string of the molecule is Cc1ccc(C(O)CCN(C)C2CCCCC2O)cc1F. The Morgan fingerprint density at radius 2 is 2.05 bits per heavy atom. The van der Waals surface area contributed by atoms with Crippen LogP contribution in [0.2, 0.25) is 0 Å². The zero-order valence-electron chi connectivity index (χ0n) is 12.9. The fourth-order valence-electron chi connectivity index (χ4n) is 3.08. The van der Waals surface area contributed by atoms with Crippen molar-refractivity contribution in [3.05, 3.63) is 35.1 Å². The van der Waals surface area contributed by atoms with E-state index in [2.05, 4.69) is 4.90 Å². The molecule has 2 rings (SSSR count). The molecule has 0 bridgehead atoms. The Morgan fingerprint density at radius 1 is 1.33 bits per heavy atom. The van der Waals surface area contributed by atoms with E-state index in [1.165, 1.54) is 6.07 Å². The molecule has 1 aromatic carbocycles. The van der Waals surface area contributed by atoms with E-state index in [9.17, 15) is 14.6 Å². The number of likely N-dealkylation sites (N-methyl/N-ethyl adjacent to an activating group) is 1. The van der Waals surface area contributed by atoms with E-state index < -0.39 is 6.10 Å². The van der Waals surface area contributed by atoms with E-state index in [1.54, 1.807) is 19.1 Å². The molecule has 118 valence electrons. The predicted octanol–water partition coefficient (Wildman–Crippen LogP) is 2.79. The quantitative estimate of drug-likeness (QED) is 0.878. The molecule has 0 amide bonds. The highest BCUT2D eigenvalue weighted by Crippen LogP contribution is 2.24. The van der Waals surface area contributed by atoms with Gasteiger partial charge in [0.15, 0.2) is 0 Å². The summed E-state index contributed by atoms with van der Waals surface area (Å²) < 4.78 is 13.5. The molecule has 4 heteroatoms. The van der Waals surface area contributed by atoms with Crippen molar-refractivity contribution in [1.82, 2.24) is 4.90 Å². The molecule has 1 fully saturated rings. The fourth-order valence-corrected chi connectivity index (χ4v) is 3.08. The molecule has 3 atom stereocenters. The van der Waals surface area contributed by atoms with Gasteiger partial charge in [0, 0.05) is 12.6 Å². The van der Waals surface area contributed by atoms with Gasteiger partial charge in [0.1, 0.15) is 5.82 Å². The minimum atomic E-state index is -0.664. The number of aryl methyl sites for hydroxylation is 1. The van der Waals surface area contributed by atoms with Crippen LogP contribution in [0, 0.1) is 12.7 Å². The smallest absolute Gasteiger partial charge is 0.126 e. The predicted molar refractivity (Wildman–Crippen MR) is 81.6 cm³/mol. The summed E-state index contributed by atoms with van der Waals surface area (Å²) in [6, 6.07) is 5.07. The summed E-state index contributed by atoms with van der Waals surface area (Å²) in [6.45, 7) is 2.40. The molecule has 3 unspecified atom stereocenters. The van der Waals surface area contributed by atoms with E-state index in [1.807, 2.05) is 7.05 Å². The molecule has 1 aliphatic carbocycles. The van der Waals surface area contributed by atoms with E-state index in [0.717, 1.165) is 25.7 Å². The van der Waals surface area contributed by atoms with Crippen molar-refractivity contribution in [3.8, 4) is 0 Å². The second-order valence-corrected chi connectivity index (χ2v) is 6.21. The number of rotatable bonds is 5. The molecule has 0 radical (unpaired) electrons. The summed E-state index contributed by atoms with van der Waals surface area (Å²) in [7, 11) is 1.99. The van der Waals surface area contributed by atoms with Gasteiger partial charge in [-0.25, -0.2) is 4.39 Å². The summed E-state index contributed by atoms with van der Waals surface area (Å²) in [5, 5.41) is 20.2. The maximum atomic E-state index is 13.5. The first-order chi connectivity index (χ1) is 9.99. The zero-order valence-corrected chi connectivity index (χ0v) is 12.9. The van der Waals surface area contributed by atoms with E-state index >= 15 is 0 Å². The van der Waals surface area contributed by atoms with Gasteiger partial charge >= 0.3 is 0 Å². The van der Waals surface area contributed by atoms with Crippen LogP contribution < -0.4 is 0 Å². The van der Waals surface area contributed by atoms with Gasteiger partial charge in [-0.1, -0.05) is 25.0 Å². The van der Waals surface area contributed by atoms with Crippen molar-refractivity contribution in [1.29, 1.82) is 0 Å². The number of hydrogen-bond acceptors (Lipinski definition) is 3. The van der Waals surface area contributed by atoms with Crippen LogP contribution in [0.15, 0.2) is 18.2 Å². The average Bonchev–Trinajstić information content (AvgIpc) is 2.47. The van der Waals surface area contributed by atoms with Gasteiger partial charge in [0.05, 0.1) is 12.2 Å². The average molecular weight is 295 g/mol. The third kappa shape index (κ3) is 4.25. The lowest BCUT2D eigenvalue weighted by molar-refractivity contribution is 0.0253. The third-order valence-electron chi connectivity index (χ3n) is 4.60. The van der Waals surface area contributed by atoms with Crippen LogP contribution in [0.25, 0.3) is 0 Å². The molecule has 0 aliphatic heterocycles. The van der Waals surface area contributed by atoms with Crippen molar-refractivity contribution in [2.45, 2.75) is 57.3 Å². The highest BCUT2D eigenvalue weighted by Gasteiger charge is 2.26. The lowest BCUT2D eigenvalue weighted by atomic mass is 9.91. The van der Waals surface area contributed by atoms with Gasteiger partial charge < -0.3 is 15.1 Å². The Labute approximate surface area is 126 Å². The lowest BCUT2D eigenvalue weighted by Crippen LogP contribution is -2.43. The Bertz CT molecular complexity index is 466. The van der Waals surface area contributed by atoms with Crippen molar-refractivity contribution in [2.75, 3.05) is 13.6 Å². The first-order valence-electron chi connectivity index (χ1n) is 7.81. The number of hydrogen-bond donors (Lipinski definition) is 2. The monoisotopic (exact) mass is 295 g/mol. The molecule has 1 aromatic rings. The summed E-state index contributed by atoms with van der Waals surface area (Å²) in [5.41, 5.74) is 1.21. The summed E-state index contributed by atoms with van der Waals surface area (Å²) in [4.78, 5) is 2.12. The van der Waals surface area contributed by atoms with Crippen LogP contribution in [-0.4, -0.2) is 40.9 Å². The van der Waals surface area contributed by atoms with Crippen LogP contribution in [-0.2, 0) is 0 Å². The lowest BCUT2D eigenvalue weighted by Gasteiger charge is -2.35. The second kappa shape index (κ2) is 7.34. The third-order valence-corrected chi connectivity index (χ3v) is 4.60. The Balaban J connectivity index is 1.87. The Kier molecular flexibility index (Phi) is 5.73. The Hall–Kier alpha value is -0.970. The van der Waals surface area contributed by atoms with Crippen LogP contribution in [0.5, 0.6) is 0 Å². The van der Waals surface area contributed by atoms with Crippen LogP contribution in [0.1, 0.15) is 49.3 Å². The summed E-state index contributed by atoms with van der Waals surface area (Å²) in [6.07, 6.45) is 3.73. The molecule has 3 nitrogen and oxygen atoms in total. The maximum Gasteiger partial charge on any atom is 0.126 e. The van der Waals surface area contributed by atoms with Crippen LogP contribution >= 0.6 is 0 Å². The van der Waals surface area contributed by atoms with Crippen molar-refractivity contribution < 1.29 is 14.6 Å². The van der Waals surface area contributed by atoms with Gasteiger partial charge in [-0.2, -0.15) is 0 Å². The molecule has 1 aliphatic rings. The van der Waals surface area contributed by atoms with E-state index in [4.69, 9.17) is 0 Å². The highest BCUT2D eigenvalue weighted by molar-refractivity contribution is 5.24. The normalized spacial score (nSPS) is 24.3. The highest BCUT2D eigenvalue weighted by atomic mass is 19.1. The fraction of sp³-hybridized carbons (Fsp3) is 0.647. The van der Waals surface area contributed by atoms with E-state index in [-0.39, 0.29) is 18.0 Å². The molecule has 2 N–H and O–H groups in total. The first-order valence-corrected chi connectivity index (χ1v) is 7.81. The Morgan fingerprint density at radius 3 is 2.71 bits per heavy atom. The first kappa shape index (κ1) is 16.4. The van der Waals surface area contributed by atoms with Crippen LogP contribution in [0.4, 0.5) is 4.39 Å². The second-order valence-electron chi connectivity index (χ2n) is 6.21. The number of aliphatic hydroxyl groups excluding tert-OH is 2. The minimum Gasteiger partial charge on any atom is -0.391 e. The molecule has 21 heavy (non-hydrogen) atoms.